The Kier molecular flexibility index (Phi) is 4.53. The lowest BCUT2D eigenvalue weighted by Crippen LogP contribution is -2.13. The van der Waals surface area contributed by atoms with Crippen molar-refractivity contribution in [3.05, 3.63) is 47.5 Å². The van der Waals surface area contributed by atoms with Crippen LogP contribution in [0.5, 0.6) is 0 Å². The zero-order chi connectivity index (χ0) is 19.2. The first-order chi connectivity index (χ1) is 12.8. The first-order valence-electron chi connectivity index (χ1n) is 8.37. The molecule has 0 aliphatic heterocycles. The Morgan fingerprint density at radius 1 is 1.19 bits per heavy atom. The summed E-state index contributed by atoms with van der Waals surface area (Å²) >= 11 is 2.79. The van der Waals surface area contributed by atoms with Gasteiger partial charge in [-0.2, -0.15) is 5.10 Å². The quantitative estimate of drug-likeness (QED) is 0.499. The van der Waals surface area contributed by atoms with Crippen molar-refractivity contribution in [2.45, 2.75) is 31.7 Å². The smallest absolute Gasteiger partial charge is 0.267 e. The summed E-state index contributed by atoms with van der Waals surface area (Å²) in [4.78, 5) is 5.44. The van der Waals surface area contributed by atoms with Gasteiger partial charge in [-0.15, -0.1) is 11.3 Å². The zero-order valence-corrected chi connectivity index (χ0v) is 17.5. The van der Waals surface area contributed by atoms with Crippen molar-refractivity contribution >= 4 is 48.0 Å². The molecule has 0 atom stereocenters. The summed E-state index contributed by atoms with van der Waals surface area (Å²) in [5.41, 5.74) is 2.29. The van der Waals surface area contributed by atoms with Crippen LogP contribution in [0.3, 0.4) is 0 Å². The first-order valence-corrected chi connectivity index (χ1v) is 11.5. The van der Waals surface area contributed by atoms with Gasteiger partial charge in [-0.1, -0.05) is 29.5 Å². The predicted molar refractivity (Wildman–Crippen MR) is 111 cm³/mol. The monoisotopic (exact) mass is 418 g/mol. The molecular formula is C18H18N4O2S3. The van der Waals surface area contributed by atoms with Crippen molar-refractivity contribution < 1.29 is 8.42 Å². The number of aromatic nitrogens is 3. The van der Waals surface area contributed by atoms with Crippen LogP contribution in [-0.2, 0) is 10.0 Å². The number of nitrogens with zero attached hydrogens (tertiary/aromatic N) is 3. The topological polar surface area (TPSA) is 76.9 Å². The van der Waals surface area contributed by atoms with Gasteiger partial charge < -0.3 is 0 Å². The number of para-hydroxylation sites is 1. The standard InChI is InChI=1S/C18H18N4O2S3/c1-11(2)22-10-15(17(20-22)13-8-5-9-25-13)27(23,24)21-18-19-16-12(3)6-4-7-14(16)26-18/h4-11H,1-3H3,(H,19,21). The van der Waals surface area contributed by atoms with E-state index in [1.807, 2.05) is 56.5 Å². The van der Waals surface area contributed by atoms with Crippen LogP contribution in [0.2, 0.25) is 0 Å². The van der Waals surface area contributed by atoms with E-state index in [0.29, 0.717) is 10.8 Å². The fraction of sp³-hybridized carbons (Fsp3) is 0.222. The number of benzene rings is 1. The highest BCUT2D eigenvalue weighted by molar-refractivity contribution is 7.93. The lowest BCUT2D eigenvalue weighted by atomic mass is 10.2. The molecule has 140 valence electrons. The minimum absolute atomic E-state index is 0.0535. The van der Waals surface area contributed by atoms with Crippen molar-refractivity contribution in [2.24, 2.45) is 0 Å². The van der Waals surface area contributed by atoms with Crippen LogP contribution >= 0.6 is 22.7 Å². The van der Waals surface area contributed by atoms with Gasteiger partial charge >= 0.3 is 0 Å². The highest BCUT2D eigenvalue weighted by Gasteiger charge is 2.26. The second-order valence-electron chi connectivity index (χ2n) is 6.44. The number of hydrogen-bond donors (Lipinski definition) is 1. The molecule has 3 heterocycles. The SMILES string of the molecule is Cc1cccc2sc(NS(=O)(=O)c3cn(C(C)C)nc3-c3cccs3)nc12. The largest absolute Gasteiger partial charge is 0.268 e. The van der Waals surface area contributed by atoms with E-state index in [0.717, 1.165) is 20.7 Å². The average molecular weight is 419 g/mol. The molecular weight excluding hydrogens is 400 g/mol. The van der Waals surface area contributed by atoms with E-state index < -0.39 is 10.0 Å². The van der Waals surface area contributed by atoms with Gasteiger partial charge in [0.25, 0.3) is 10.0 Å². The highest BCUT2D eigenvalue weighted by atomic mass is 32.2. The van der Waals surface area contributed by atoms with Crippen molar-refractivity contribution in [3.63, 3.8) is 0 Å². The molecule has 0 saturated carbocycles. The van der Waals surface area contributed by atoms with Crippen LogP contribution in [0, 0.1) is 6.92 Å². The van der Waals surface area contributed by atoms with Gasteiger partial charge in [-0.3, -0.25) is 9.40 Å². The van der Waals surface area contributed by atoms with Gasteiger partial charge in [0, 0.05) is 12.2 Å². The van der Waals surface area contributed by atoms with Crippen molar-refractivity contribution in [1.82, 2.24) is 14.8 Å². The molecule has 0 aliphatic rings. The second kappa shape index (κ2) is 6.74. The summed E-state index contributed by atoms with van der Waals surface area (Å²) < 4.78 is 31.5. The summed E-state index contributed by atoms with van der Waals surface area (Å²) in [5.74, 6) is 0. The molecule has 0 spiro atoms. The fourth-order valence-electron chi connectivity index (χ4n) is 2.72. The average Bonchev–Trinajstić information content (AvgIpc) is 3.33. The van der Waals surface area contributed by atoms with Crippen LogP contribution in [0.25, 0.3) is 20.8 Å². The molecule has 0 fully saturated rings. The van der Waals surface area contributed by atoms with E-state index in [-0.39, 0.29) is 10.9 Å². The number of anilines is 1. The number of thiophene rings is 1. The predicted octanol–water partition coefficient (Wildman–Crippen LogP) is 4.91. The maximum Gasteiger partial charge on any atom is 0.267 e. The first kappa shape index (κ1) is 18.1. The van der Waals surface area contributed by atoms with E-state index in [2.05, 4.69) is 14.8 Å². The third-order valence-corrected chi connectivity index (χ3v) is 7.40. The molecule has 0 unspecified atom stereocenters. The van der Waals surface area contributed by atoms with Crippen LogP contribution < -0.4 is 4.72 Å². The molecule has 0 saturated heterocycles. The van der Waals surface area contributed by atoms with Crippen molar-refractivity contribution in [3.8, 4) is 10.6 Å². The normalized spacial score (nSPS) is 12.1. The van der Waals surface area contributed by atoms with Gasteiger partial charge in [-0.25, -0.2) is 13.4 Å². The number of fused-ring (bicyclic) bond motifs is 1. The van der Waals surface area contributed by atoms with Crippen LogP contribution in [0.4, 0.5) is 5.13 Å². The number of sulfonamides is 1. The Balaban J connectivity index is 1.78. The number of aryl methyl sites for hydroxylation is 1. The van der Waals surface area contributed by atoms with Crippen LogP contribution in [-0.4, -0.2) is 23.2 Å². The molecule has 6 nitrogen and oxygen atoms in total. The maximum absolute atomic E-state index is 13.1. The van der Waals surface area contributed by atoms with E-state index in [1.165, 1.54) is 22.7 Å². The number of thiazole rings is 1. The molecule has 1 N–H and O–H groups in total. The van der Waals surface area contributed by atoms with E-state index in [9.17, 15) is 8.42 Å². The molecule has 0 amide bonds. The molecule has 4 rings (SSSR count). The number of rotatable bonds is 5. The third kappa shape index (κ3) is 3.38. The van der Waals surface area contributed by atoms with Gasteiger partial charge in [0.2, 0.25) is 0 Å². The minimum atomic E-state index is -3.82. The molecule has 27 heavy (non-hydrogen) atoms. The Morgan fingerprint density at radius 2 is 2.00 bits per heavy atom. The molecule has 1 aromatic carbocycles. The van der Waals surface area contributed by atoms with Crippen LogP contribution in [0.15, 0.2) is 46.8 Å². The summed E-state index contributed by atoms with van der Waals surface area (Å²) in [6.45, 7) is 5.89. The van der Waals surface area contributed by atoms with Crippen molar-refractivity contribution in [1.29, 1.82) is 0 Å². The lowest BCUT2D eigenvalue weighted by molar-refractivity contribution is 0.532. The minimum Gasteiger partial charge on any atom is -0.268 e. The molecule has 0 aliphatic carbocycles. The van der Waals surface area contributed by atoms with Gasteiger partial charge in [-0.05, 0) is 43.8 Å². The second-order valence-corrected chi connectivity index (χ2v) is 10.1. The van der Waals surface area contributed by atoms with Gasteiger partial charge in [0.15, 0.2) is 5.13 Å². The van der Waals surface area contributed by atoms with E-state index in [1.54, 1.807) is 10.9 Å². The Labute approximate surface area is 165 Å². The Morgan fingerprint density at radius 3 is 2.67 bits per heavy atom. The molecule has 9 heteroatoms. The lowest BCUT2D eigenvalue weighted by Gasteiger charge is -2.04. The maximum atomic E-state index is 13.1. The molecule has 0 bridgehead atoms. The summed E-state index contributed by atoms with van der Waals surface area (Å²) in [7, 11) is -3.82. The highest BCUT2D eigenvalue weighted by Crippen LogP contribution is 2.33. The summed E-state index contributed by atoms with van der Waals surface area (Å²) in [6, 6.07) is 9.65. The Hall–Kier alpha value is -2.23. The third-order valence-electron chi connectivity index (χ3n) is 4.11. The summed E-state index contributed by atoms with van der Waals surface area (Å²) in [6.07, 6.45) is 1.58. The fourth-order valence-corrected chi connectivity index (χ4v) is 5.84. The van der Waals surface area contributed by atoms with E-state index >= 15 is 0 Å². The van der Waals surface area contributed by atoms with Crippen molar-refractivity contribution in [2.75, 3.05) is 4.72 Å². The number of nitrogens with one attached hydrogen (secondary N) is 1. The molecule has 3 aromatic heterocycles. The zero-order valence-electron chi connectivity index (χ0n) is 15.0. The Bertz CT molecular complexity index is 1200. The molecule has 0 radical (unpaired) electrons. The molecule has 4 aromatic rings. The van der Waals surface area contributed by atoms with Gasteiger partial charge in [0.05, 0.1) is 15.1 Å². The van der Waals surface area contributed by atoms with E-state index in [4.69, 9.17) is 0 Å². The summed E-state index contributed by atoms with van der Waals surface area (Å²) in [5, 5.41) is 6.77. The number of hydrogen-bond acceptors (Lipinski definition) is 6. The van der Waals surface area contributed by atoms with Crippen LogP contribution in [0.1, 0.15) is 25.5 Å². The van der Waals surface area contributed by atoms with Gasteiger partial charge in [0.1, 0.15) is 10.6 Å².